The number of rotatable bonds is 7. The maximum atomic E-state index is 15.3. The fourth-order valence-corrected chi connectivity index (χ4v) is 3.87. The Morgan fingerprint density at radius 2 is 1.97 bits per heavy atom. The molecule has 1 amide bonds. The Balaban J connectivity index is 1.71. The van der Waals surface area contributed by atoms with E-state index in [0.717, 1.165) is 28.2 Å². The summed E-state index contributed by atoms with van der Waals surface area (Å²) in [4.78, 5) is 22.4. The number of carbonyl (C=O) groups is 1. The van der Waals surface area contributed by atoms with E-state index in [1.807, 2.05) is 43.7 Å². The Kier molecular flexibility index (Phi) is 7.60. The molecular weight excluding hydrogens is 450 g/mol. The number of hydrogen-bond acceptors (Lipinski definition) is 4. The number of halogens is 4. The zero-order chi connectivity index (χ0) is 25.1. The molecule has 10 heteroatoms. The van der Waals surface area contributed by atoms with Gasteiger partial charge in [-0.25, -0.2) is 14.4 Å². The predicted octanol–water partition coefficient (Wildman–Crippen LogP) is 4.58. The number of piperidine rings is 1. The summed E-state index contributed by atoms with van der Waals surface area (Å²) in [6.45, 7) is 7.24. The van der Waals surface area contributed by atoms with E-state index in [1.165, 1.54) is 4.90 Å². The Morgan fingerprint density at radius 3 is 2.53 bits per heavy atom. The van der Waals surface area contributed by atoms with E-state index in [4.69, 9.17) is 0 Å². The maximum Gasteiger partial charge on any atom is 0.390 e. The van der Waals surface area contributed by atoms with Gasteiger partial charge in [0.1, 0.15) is 11.6 Å². The molecule has 1 saturated heterocycles. The number of carbonyl (C=O) groups excluding carboxylic acids is 1. The Hall–Kier alpha value is -3.01. The van der Waals surface area contributed by atoms with Crippen molar-refractivity contribution in [1.29, 1.82) is 0 Å². The van der Waals surface area contributed by atoms with Crippen molar-refractivity contribution in [3.05, 3.63) is 47.2 Å². The molecule has 1 N–H and O–H groups in total. The summed E-state index contributed by atoms with van der Waals surface area (Å²) in [7, 11) is 1.92. The Bertz CT molecular complexity index is 1080. The highest BCUT2D eigenvalue weighted by Crippen LogP contribution is 2.29. The Morgan fingerprint density at radius 1 is 1.29 bits per heavy atom. The van der Waals surface area contributed by atoms with Crippen LogP contribution in [0.4, 0.5) is 17.6 Å². The number of alkyl halides is 4. The van der Waals surface area contributed by atoms with Gasteiger partial charge in [-0.05, 0) is 43.8 Å². The number of aryl methyl sites for hydroxylation is 2. The molecule has 1 fully saturated rings. The average molecular weight is 480 g/mol. The number of nitrogens with one attached hydrogen (secondary N) is 1. The van der Waals surface area contributed by atoms with Crippen molar-refractivity contribution in [2.45, 2.75) is 45.0 Å². The summed E-state index contributed by atoms with van der Waals surface area (Å²) < 4.78 is 54.6. The van der Waals surface area contributed by atoms with E-state index >= 15 is 4.39 Å². The van der Waals surface area contributed by atoms with E-state index in [-0.39, 0.29) is 38.3 Å². The third-order valence-electron chi connectivity index (χ3n) is 6.27. The van der Waals surface area contributed by atoms with Gasteiger partial charge in [-0.2, -0.15) is 13.2 Å². The first-order valence-corrected chi connectivity index (χ1v) is 11.0. The van der Waals surface area contributed by atoms with Gasteiger partial charge in [-0.1, -0.05) is 12.1 Å². The van der Waals surface area contributed by atoms with Crippen molar-refractivity contribution < 1.29 is 22.4 Å². The largest absolute Gasteiger partial charge is 0.390 e. The third kappa shape index (κ3) is 6.11. The highest BCUT2D eigenvalue weighted by molar-refractivity contribution is 5.87. The fourth-order valence-electron chi connectivity index (χ4n) is 3.87. The lowest BCUT2D eigenvalue weighted by Gasteiger charge is -2.35. The molecule has 0 bridgehead atoms. The number of amides is 1. The van der Waals surface area contributed by atoms with Gasteiger partial charge in [0.25, 0.3) is 5.91 Å². The maximum absolute atomic E-state index is 15.3. The second kappa shape index (κ2) is 10.1. The van der Waals surface area contributed by atoms with Crippen molar-refractivity contribution in [2.24, 2.45) is 12.0 Å². The van der Waals surface area contributed by atoms with E-state index in [1.54, 1.807) is 12.3 Å². The standard InChI is InChI=1S/C24H29F4N5O/c1-16-5-6-18(20-15-30-17(2)32(20)4)13-19(16)14-21(29-3)31-22(34)23(25)7-10-33(11-8-23)12-9-24(26,27)28/h5-6,13-15H,3,7-12H2,1-2,4H3,(H,31,34)/b21-14+. The normalized spacial score (nSPS) is 17.0. The van der Waals surface area contributed by atoms with Crippen LogP contribution >= 0.6 is 0 Å². The van der Waals surface area contributed by atoms with Crippen LogP contribution < -0.4 is 5.32 Å². The zero-order valence-corrected chi connectivity index (χ0v) is 19.5. The molecule has 0 aliphatic carbocycles. The van der Waals surface area contributed by atoms with Gasteiger partial charge < -0.3 is 14.8 Å². The lowest BCUT2D eigenvalue weighted by atomic mass is 9.92. The molecule has 0 radical (unpaired) electrons. The quantitative estimate of drug-likeness (QED) is 0.467. The smallest absolute Gasteiger partial charge is 0.331 e. The van der Waals surface area contributed by atoms with Crippen molar-refractivity contribution >= 4 is 18.7 Å². The second-order valence-corrected chi connectivity index (χ2v) is 8.63. The number of aromatic nitrogens is 2. The summed E-state index contributed by atoms with van der Waals surface area (Å²) in [5.74, 6) is 0.103. The number of aliphatic imine (C=N–C) groups is 1. The zero-order valence-electron chi connectivity index (χ0n) is 19.5. The van der Waals surface area contributed by atoms with E-state index in [9.17, 15) is 18.0 Å². The first-order chi connectivity index (χ1) is 15.9. The second-order valence-electron chi connectivity index (χ2n) is 8.63. The van der Waals surface area contributed by atoms with Gasteiger partial charge in [0.05, 0.1) is 18.3 Å². The molecule has 1 aromatic carbocycles. The molecule has 0 saturated carbocycles. The molecule has 1 aliphatic rings. The van der Waals surface area contributed by atoms with Crippen LogP contribution in [-0.4, -0.2) is 58.6 Å². The minimum Gasteiger partial charge on any atom is -0.331 e. The van der Waals surface area contributed by atoms with Gasteiger partial charge in [0.2, 0.25) is 0 Å². The van der Waals surface area contributed by atoms with E-state index in [2.05, 4.69) is 22.0 Å². The Labute approximate surface area is 196 Å². The van der Waals surface area contributed by atoms with E-state index < -0.39 is 24.2 Å². The van der Waals surface area contributed by atoms with Gasteiger partial charge in [-0.15, -0.1) is 0 Å². The first kappa shape index (κ1) is 25.6. The minimum absolute atomic E-state index is 0.0752. The van der Waals surface area contributed by atoms with Crippen LogP contribution in [0, 0.1) is 13.8 Å². The molecule has 1 aromatic heterocycles. The van der Waals surface area contributed by atoms with Crippen molar-refractivity contribution in [3.63, 3.8) is 0 Å². The van der Waals surface area contributed by atoms with Gasteiger partial charge >= 0.3 is 6.18 Å². The number of benzene rings is 1. The molecule has 3 rings (SSSR count). The predicted molar refractivity (Wildman–Crippen MR) is 124 cm³/mol. The number of hydrogen-bond donors (Lipinski definition) is 1. The molecule has 6 nitrogen and oxygen atoms in total. The average Bonchev–Trinajstić information content (AvgIpc) is 3.12. The third-order valence-corrected chi connectivity index (χ3v) is 6.27. The van der Waals surface area contributed by atoms with E-state index in [0.29, 0.717) is 0 Å². The molecule has 0 unspecified atom stereocenters. The molecule has 2 heterocycles. The summed E-state index contributed by atoms with van der Waals surface area (Å²) in [6, 6.07) is 5.82. The topological polar surface area (TPSA) is 62.5 Å². The summed E-state index contributed by atoms with van der Waals surface area (Å²) in [6.07, 6.45) is -2.19. The van der Waals surface area contributed by atoms with Gasteiger partial charge in [-0.3, -0.25) is 4.79 Å². The highest BCUT2D eigenvalue weighted by atomic mass is 19.4. The SMILES string of the molecule is C=N/C(=C\c1cc(-c2cnc(C)n2C)ccc1C)NC(=O)C1(F)CCN(CCC(F)(F)F)CC1. The van der Waals surface area contributed by atoms with Crippen LogP contribution in [-0.2, 0) is 11.8 Å². The molecule has 1 aliphatic heterocycles. The van der Waals surface area contributed by atoms with Crippen LogP contribution in [0.3, 0.4) is 0 Å². The van der Waals surface area contributed by atoms with Crippen molar-refractivity contribution in [1.82, 2.24) is 19.8 Å². The van der Waals surface area contributed by atoms with Crippen LogP contribution in [0.25, 0.3) is 17.3 Å². The van der Waals surface area contributed by atoms with Crippen molar-refractivity contribution in [2.75, 3.05) is 19.6 Å². The lowest BCUT2D eigenvalue weighted by Crippen LogP contribution is -2.51. The monoisotopic (exact) mass is 479 g/mol. The van der Waals surface area contributed by atoms with Crippen molar-refractivity contribution in [3.8, 4) is 11.3 Å². The van der Waals surface area contributed by atoms with Gasteiger partial charge in [0.15, 0.2) is 5.67 Å². The van der Waals surface area contributed by atoms with Crippen LogP contribution in [0.15, 0.2) is 35.2 Å². The first-order valence-electron chi connectivity index (χ1n) is 11.0. The molecular formula is C24H29F4N5O. The highest BCUT2D eigenvalue weighted by Gasteiger charge is 2.42. The van der Waals surface area contributed by atoms with Gasteiger partial charge in [0, 0.05) is 45.1 Å². The summed E-state index contributed by atoms with van der Waals surface area (Å²) in [5.41, 5.74) is 1.36. The fraction of sp³-hybridized carbons (Fsp3) is 0.458. The van der Waals surface area contributed by atoms with Crippen LogP contribution in [0.5, 0.6) is 0 Å². The molecule has 0 atom stereocenters. The molecule has 184 valence electrons. The number of imidazole rings is 1. The summed E-state index contributed by atoms with van der Waals surface area (Å²) in [5, 5.41) is 2.50. The van der Waals surface area contributed by atoms with Crippen LogP contribution in [0.1, 0.15) is 36.2 Å². The molecule has 0 spiro atoms. The number of nitrogens with zero attached hydrogens (tertiary/aromatic N) is 4. The minimum atomic E-state index is -4.26. The number of likely N-dealkylation sites (tertiary alicyclic amines) is 1. The van der Waals surface area contributed by atoms with Crippen LogP contribution in [0.2, 0.25) is 0 Å². The molecule has 34 heavy (non-hydrogen) atoms. The lowest BCUT2D eigenvalue weighted by molar-refractivity contribution is -0.143. The molecule has 2 aromatic rings. The summed E-state index contributed by atoms with van der Waals surface area (Å²) >= 11 is 0.